The van der Waals surface area contributed by atoms with Crippen LogP contribution in [0.25, 0.3) is 16.8 Å². The Morgan fingerprint density at radius 2 is 1.84 bits per heavy atom. The van der Waals surface area contributed by atoms with Gasteiger partial charge >= 0.3 is 0 Å². The van der Waals surface area contributed by atoms with Gasteiger partial charge in [0.2, 0.25) is 0 Å². The molecule has 0 unspecified atom stereocenters. The molecule has 0 saturated carbocycles. The minimum absolute atomic E-state index is 0.403. The van der Waals surface area contributed by atoms with E-state index in [9.17, 15) is 0 Å². The second kappa shape index (κ2) is 6.12. The standard InChI is InChI=1S/C16H13ClN2/c1-3-8-12(4-2)16-18-14(11-15(17)19-16)13-9-6-5-7-10-13/h3-11H,1-2H2/b12-8+. The zero-order chi connectivity index (χ0) is 13.7. The molecule has 0 spiro atoms. The Kier molecular flexibility index (Phi) is 4.26. The lowest BCUT2D eigenvalue weighted by Gasteiger charge is -2.05. The number of hydrogen-bond acceptors (Lipinski definition) is 2. The van der Waals surface area contributed by atoms with E-state index in [1.54, 1.807) is 24.3 Å². The monoisotopic (exact) mass is 268 g/mol. The summed E-state index contributed by atoms with van der Waals surface area (Å²) in [5.74, 6) is 0.543. The molecule has 2 nitrogen and oxygen atoms in total. The molecule has 2 rings (SSSR count). The smallest absolute Gasteiger partial charge is 0.161 e. The molecule has 0 atom stereocenters. The minimum atomic E-state index is 0.403. The van der Waals surface area contributed by atoms with Crippen molar-refractivity contribution in [3.05, 3.63) is 78.8 Å². The van der Waals surface area contributed by atoms with Crippen molar-refractivity contribution in [1.29, 1.82) is 0 Å². The highest BCUT2D eigenvalue weighted by Crippen LogP contribution is 2.22. The second-order valence-corrected chi connectivity index (χ2v) is 4.21. The first-order valence-electron chi connectivity index (χ1n) is 5.80. The minimum Gasteiger partial charge on any atom is -0.228 e. The van der Waals surface area contributed by atoms with Crippen LogP contribution in [0.15, 0.2) is 67.8 Å². The van der Waals surface area contributed by atoms with Crippen LogP contribution in [-0.4, -0.2) is 9.97 Å². The Labute approximate surface area is 117 Å². The van der Waals surface area contributed by atoms with Crippen molar-refractivity contribution >= 4 is 17.2 Å². The Morgan fingerprint density at radius 3 is 2.47 bits per heavy atom. The van der Waals surface area contributed by atoms with Gasteiger partial charge in [-0.05, 0) is 0 Å². The molecule has 0 aliphatic carbocycles. The van der Waals surface area contributed by atoms with Crippen LogP contribution in [0.4, 0.5) is 0 Å². The van der Waals surface area contributed by atoms with E-state index in [1.807, 2.05) is 30.3 Å². The molecule has 1 heterocycles. The van der Waals surface area contributed by atoms with E-state index in [0.717, 1.165) is 16.8 Å². The molecule has 0 radical (unpaired) electrons. The molecule has 1 aromatic carbocycles. The number of allylic oxidation sites excluding steroid dienone is 4. The molecular formula is C16H13ClN2. The number of benzene rings is 1. The van der Waals surface area contributed by atoms with E-state index >= 15 is 0 Å². The van der Waals surface area contributed by atoms with Crippen LogP contribution in [0.5, 0.6) is 0 Å². The fourth-order valence-corrected chi connectivity index (χ4v) is 1.85. The number of halogens is 1. The third-order valence-electron chi connectivity index (χ3n) is 2.54. The van der Waals surface area contributed by atoms with Crippen molar-refractivity contribution in [2.75, 3.05) is 0 Å². The van der Waals surface area contributed by atoms with Crippen molar-refractivity contribution in [1.82, 2.24) is 9.97 Å². The van der Waals surface area contributed by atoms with Crippen LogP contribution in [-0.2, 0) is 0 Å². The van der Waals surface area contributed by atoms with E-state index in [1.165, 1.54) is 0 Å². The van der Waals surface area contributed by atoms with Crippen LogP contribution in [0, 0.1) is 0 Å². The molecule has 0 bridgehead atoms. The average Bonchev–Trinajstić information content (AvgIpc) is 2.45. The maximum Gasteiger partial charge on any atom is 0.161 e. The zero-order valence-corrected chi connectivity index (χ0v) is 11.1. The first-order valence-corrected chi connectivity index (χ1v) is 6.18. The fourth-order valence-electron chi connectivity index (χ4n) is 1.66. The number of aromatic nitrogens is 2. The van der Waals surface area contributed by atoms with Crippen molar-refractivity contribution < 1.29 is 0 Å². The van der Waals surface area contributed by atoms with Crippen LogP contribution in [0.2, 0.25) is 5.15 Å². The van der Waals surface area contributed by atoms with E-state index in [2.05, 4.69) is 23.1 Å². The quantitative estimate of drug-likeness (QED) is 0.600. The van der Waals surface area contributed by atoms with Gasteiger partial charge in [0.05, 0.1) is 5.69 Å². The molecule has 3 heteroatoms. The third kappa shape index (κ3) is 3.18. The Morgan fingerprint density at radius 1 is 1.11 bits per heavy atom. The maximum absolute atomic E-state index is 6.06. The first kappa shape index (κ1) is 13.2. The topological polar surface area (TPSA) is 25.8 Å². The molecule has 0 aliphatic heterocycles. The lowest BCUT2D eigenvalue weighted by molar-refractivity contribution is 1.13. The number of hydrogen-bond donors (Lipinski definition) is 0. The molecular weight excluding hydrogens is 256 g/mol. The van der Waals surface area contributed by atoms with Crippen LogP contribution >= 0.6 is 11.6 Å². The van der Waals surface area contributed by atoms with Gasteiger partial charge in [0.1, 0.15) is 5.15 Å². The molecule has 1 aromatic heterocycles. The zero-order valence-electron chi connectivity index (χ0n) is 10.4. The van der Waals surface area contributed by atoms with E-state index in [4.69, 9.17) is 11.6 Å². The van der Waals surface area contributed by atoms with Crippen LogP contribution < -0.4 is 0 Å². The molecule has 0 aliphatic rings. The lowest BCUT2D eigenvalue weighted by Crippen LogP contribution is -1.95. The van der Waals surface area contributed by atoms with Gasteiger partial charge in [0.25, 0.3) is 0 Å². The first-order chi connectivity index (χ1) is 9.24. The Bertz CT molecular complexity index is 630. The predicted molar refractivity (Wildman–Crippen MR) is 80.8 cm³/mol. The number of rotatable bonds is 4. The summed E-state index contributed by atoms with van der Waals surface area (Å²) in [6.45, 7) is 7.41. The predicted octanol–water partition coefficient (Wildman–Crippen LogP) is 4.55. The normalized spacial score (nSPS) is 11.1. The summed E-state index contributed by atoms with van der Waals surface area (Å²) in [4.78, 5) is 8.73. The van der Waals surface area contributed by atoms with Crippen molar-refractivity contribution in [3.8, 4) is 11.3 Å². The van der Waals surface area contributed by atoms with Gasteiger partial charge < -0.3 is 0 Å². The molecule has 0 amide bonds. The average molecular weight is 269 g/mol. The third-order valence-corrected chi connectivity index (χ3v) is 2.73. The van der Waals surface area contributed by atoms with Gasteiger partial charge in [-0.1, -0.05) is 73.3 Å². The second-order valence-electron chi connectivity index (χ2n) is 3.83. The molecule has 0 N–H and O–H groups in total. The van der Waals surface area contributed by atoms with Gasteiger partial charge in [0, 0.05) is 17.2 Å². The van der Waals surface area contributed by atoms with E-state index < -0.39 is 0 Å². The van der Waals surface area contributed by atoms with Crippen molar-refractivity contribution in [2.24, 2.45) is 0 Å². The molecule has 2 aromatic rings. The largest absolute Gasteiger partial charge is 0.228 e. The lowest BCUT2D eigenvalue weighted by atomic mass is 10.1. The highest BCUT2D eigenvalue weighted by Gasteiger charge is 2.07. The Balaban J connectivity index is 2.55. The van der Waals surface area contributed by atoms with Gasteiger partial charge in [-0.2, -0.15) is 0 Å². The summed E-state index contributed by atoms with van der Waals surface area (Å²) in [6, 6.07) is 11.6. The summed E-state index contributed by atoms with van der Waals surface area (Å²) in [5, 5.41) is 0.403. The fraction of sp³-hybridized carbons (Fsp3) is 0. The molecule has 0 fully saturated rings. The van der Waals surface area contributed by atoms with E-state index in [0.29, 0.717) is 11.0 Å². The molecule has 0 saturated heterocycles. The number of nitrogens with zero attached hydrogens (tertiary/aromatic N) is 2. The summed E-state index contributed by atoms with van der Waals surface area (Å²) in [7, 11) is 0. The summed E-state index contributed by atoms with van der Waals surface area (Å²) in [5.41, 5.74) is 2.57. The molecule has 19 heavy (non-hydrogen) atoms. The maximum atomic E-state index is 6.06. The Hall–Kier alpha value is -2.19. The van der Waals surface area contributed by atoms with Gasteiger partial charge in [-0.3, -0.25) is 0 Å². The SMILES string of the molecule is C=C/C=C(\C=C)c1nc(Cl)cc(-c2ccccc2)n1. The summed E-state index contributed by atoms with van der Waals surface area (Å²) >= 11 is 6.06. The van der Waals surface area contributed by atoms with Crippen molar-refractivity contribution in [2.45, 2.75) is 0 Å². The summed E-state index contributed by atoms with van der Waals surface area (Å²) in [6.07, 6.45) is 5.15. The van der Waals surface area contributed by atoms with E-state index in [-0.39, 0.29) is 0 Å². The summed E-state index contributed by atoms with van der Waals surface area (Å²) < 4.78 is 0. The van der Waals surface area contributed by atoms with Gasteiger partial charge in [0.15, 0.2) is 5.82 Å². The highest BCUT2D eigenvalue weighted by atomic mass is 35.5. The van der Waals surface area contributed by atoms with Gasteiger partial charge in [-0.15, -0.1) is 0 Å². The van der Waals surface area contributed by atoms with Crippen LogP contribution in [0.1, 0.15) is 5.82 Å². The molecule has 94 valence electrons. The van der Waals surface area contributed by atoms with Crippen molar-refractivity contribution in [3.63, 3.8) is 0 Å². The van der Waals surface area contributed by atoms with Gasteiger partial charge in [-0.25, -0.2) is 9.97 Å². The highest BCUT2D eigenvalue weighted by molar-refractivity contribution is 6.29. The van der Waals surface area contributed by atoms with Crippen LogP contribution in [0.3, 0.4) is 0 Å².